The van der Waals surface area contributed by atoms with Gasteiger partial charge >= 0.3 is 0 Å². The van der Waals surface area contributed by atoms with Crippen LogP contribution >= 0.6 is 0 Å². The Kier molecular flexibility index (Phi) is 4.16. The van der Waals surface area contributed by atoms with E-state index < -0.39 is 6.04 Å². The first-order valence-electron chi connectivity index (χ1n) is 6.67. The fourth-order valence-electron chi connectivity index (χ4n) is 2.03. The number of nitrogens with zero attached hydrogens (tertiary/aromatic N) is 3. The number of likely N-dealkylation sites (N-methyl/N-ethyl adjacent to an activating group) is 1. The molecule has 1 aliphatic heterocycles. The maximum absolute atomic E-state index is 11.8. The Labute approximate surface area is 117 Å². The zero-order chi connectivity index (χ0) is 14.7. The molecule has 2 amide bonds. The maximum Gasteiger partial charge on any atom is 0.251 e. The zero-order valence-electron chi connectivity index (χ0n) is 11.9. The molecule has 1 unspecified atom stereocenters. The molecule has 2 rings (SSSR count). The molecule has 1 aromatic heterocycles. The first kappa shape index (κ1) is 14.2. The minimum absolute atomic E-state index is 0.163. The molecule has 1 fully saturated rings. The van der Waals surface area contributed by atoms with Gasteiger partial charge in [-0.3, -0.25) is 14.5 Å². The van der Waals surface area contributed by atoms with Crippen LogP contribution in [0.5, 0.6) is 0 Å². The van der Waals surface area contributed by atoms with Gasteiger partial charge in [0.1, 0.15) is 23.5 Å². The van der Waals surface area contributed by atoms with Gasteiger partial charge in [0, 0.05) is 19.7 Å². The van der Waals surface area contributed by atoms with Gasteiger partial charge in [0.05, 0.1) is 6.42 Å². The number of nitrogens with one attached hydrogen (secondary N) is 2. The van der Waals surface area contributed by atoms with Gasteiger partial charge < -0.3 is 10.6 Å². The summed E-state index contributed by atoms with van der Waals surface area (Å²) in [5, 5.41) is 6.18. The highest BCUT2D eigenvalue weighted by Crippen LogP contribution is 2.18. The highest BCUT2D eigenvalue weighted by atomic mass is 16.2. The van der Waals surface area contributed by atoms with Crippen molar-refractivity contribution < 1.29 is 9.59 Å². The third kappa shape index (κ3) is 3.04. The van der Waals surface area contributed by atoms with Gasteiger partial charge in [-0.25, -0.2) is 9.97 Å². The molecular formula is C13H19N5O2. The van der Waals surface area contributed by atoms with Crippen LogP contribution < -0.4 is 10.6 Å². The second-order valence-corrected chi connectivity index (χ2v) is 4.80. The van der Waals surface area contributed by atoms with E-state index in [0.29, 0.717) is 17.5 Å². The number of likely N-dealkylation sites (tertiary alicyclic amines) is 1. The van der Waals surface area contributed by atoms with Crippen LogP contribution in [0.1, 0.15) is 25.6 Å². The molecule has 0 bridgehead atoms. The van der Waals surface area contributed by atoms with Gasteiger partial charge in [0.25, 0.3) is 5.91 Å². The van der Waals surface area contributed by atoms with E-state index in [9.17, 15) is 9.59 Å². The summed E-state index contributed by atoms with van der Waals surface area (Å²) in [5.74, 6) is 1.47. The van der Waals surface area contributed by atoms with Crippen molar-refractivity contribution >= 4 is 23.5 Å². The van der Waals surface area contributed by atoms with Crippen molar-refractivity contribution in [1.82, 2.24) is 14.9 Å². The molecule has 0 spiro atoms. The summed E-state index contributed by atoms with van der Waals surface area (Å²) < 4.78 is 0. The summed E-state index contributed by atoms with van der Waals surface area (Å²) in [6.45, 7) is 4.67. The Morgan fingerprint density at radius 3 is 2.65 bits per heavy atom. The van der Waals surface area contributed by atoms with Gasteiger partial charge in [-0.05, 0) is 13.3 Å². The number of rotatable bonds is 5. The predicted molar refractivity (Wildman–Crippen MR) is 75.4 cm³/mol. The zero-order valence-corrected chi connectivity index (χ0v) is 11.9. The molecule has 1 aromatic rings. The van der Waals surface area contributed by atoms with Crippen molar-refractivity contribution in [2.45, 2.75) is 32.7 Å². The van der Waals surface area contributed by atoms with Gasteiger partial charge in [0.15, 0.2) is 0 Å². The highest BCUT2D eigenvalue weighted by Gasteiger charge is 2.36. The number of aromatic nitrogens is 2. The minimum Gasteiger partial charge on any atom is -0.370 e. The smallest absolute Gasteiger partial charge is 0.251 e. The van der Waals surface area contributed by atoms with E-state index in [1.807, 2.05) is 0 Å². The normalized spacial score (nSPS) is 18.6. The van der Waals surface area contributed by atoms with Gasteiger partial charge in [-0.1, -0.05) is 6.92 Å². The molecular weight excluding hydrogens is 258 g/mol. The number of anilines is 2. The lowest BCUT2D eigenvalue weighted by atomic mass is 10.2. The van der Waals surface area contributed by atoms with E-state index in [1.54, 1.807) is 13.0 Å². The number of aryl methyl sites for hydroxylation is 1. The Morgan fingerprint density at radius 2 is 2.05 bits per heavy atom. The molecule has 2 heterocycles. The Hall–Kier alpha value is -2.18. The van der Waals surface area contributed by atoms with Crippen molar-refractivity contribution in [2.75, 3.05) is 24.2 Å². The van der Waals surface area contributed by atoms with E-state index >= 15 is 0 Å². The molecule has 1 aliphatic rings. The van der Waals surface area contributed by atoms with Crippen molar-refractivity contribution in [1.29, 1.82) is 0 Å². The van der Waals surface area contributed by atoms with Crippen LogP contribution in [0.15, 0.2) is 6.07 Å². The largest absolute Gasteiger partial charge is 0.370 e. The van der Waals surface area contributed by atoms with Gasteiger partial charge in [0.2, 0.25) is 5.91 Å². The van der Waals surface area contributed by atoms with Crippen LogP contribution in [0.2, 0.25) is 0 Å². The maximum atomic E-state index is 11.8. The lowest BCUT2D eigenvalue weighted by molar-refractivity contribution is -0.136. The minimum atomic E-state index is -0.541. The van der Waals surface area contributed by atoms with E-state index in [4.69, 9.17) is 0 Å². The molecule has 0 aliphatic carbocycles. The van der Waals surface area contributed by atoms with E-state index in [0.717, 1.165) is 17.9 Å². The third-order valence-electron chi connectivity index (χ3n) is 3.10. The molecule has 1 atom stereocenters. The molecule has 0 saturated carbocycles. The molecule has 0 radical (unpaired) electrons. The van der Waals surface area contributed by atoms with E-state index in [2.05, 4.69) is 27.5 Å². The van der Waals surface area contributed by atoms with Gasteiger partial charge in [-0.2, -0.15) is 0 Å². The average Bonchev–Trinajstić information content (AvgIpc) is 2.63. The fourth-order valence-corrected chi connectivity index (χ4v) is 2.03. The number of hydrogen-bond donors (Lipinski definition) is 2. The fraction of sp³-hybridized carbons (Fsp3) is 0.538. The molecule has 7 nitrogen and oxygen atoms in total. The van der Waals surface area contributed by atoms with Crippen molar-refractivity contribution in [2.24, 2.45) is 0 Å². The Bertz CT molecular complexity index is 531. The predicted octanol–water partition coefficient (Wildman–Crippen LogP) is 0.776. The molecule has 7 heteroatoms. The van der Waals surface area contributed by atoms with Crippen LogP contribution in [0.25, 0.3) is 0 Å². The third-order valence-corrected chi connectivity index (χ3v) is 3.10. The summed E-state index contributed by atoms with van der Waals surface area (Å²) in [6, 6.07) is 1.21. The second-order valence-electron chi connectivity index (χ2n) is 4.80. The average molecular weight is 277 g/mol. The number of carbonyl (C=O) groups excluding carboxylic acids is 2. The Morgan fingerprint density at radius 1 is 1.35 bits per heavy atom. The molecule has 108 valence electrons. The summed E-state index contributed by atoms with van der Waals surface area (Å²) in [7, 11) is 1.49. The summed E-state index contributed by atoms with van der Waals surface area (Å²) in [6.07, 6.45) is 1.16. The number of carbonyl (C=O) groups is 2. The topological polar surface area (TPSA) is 87.2 Å². The summed E-state index contributed by atoms with van der Waals surface area (Å²) in [5.41, 5.74) is 0. The summed E-state index contributed by atoms with van der Waals surface area (Å²) in [4.78, 5) is 33.0. The first-order valence-corrected chi connectivity index (χ1v) is 6.67. The van der Waals surface area contributed by atoms with Crippen LogP contribution in [0.4, 0.5) is 11.6 Å². The monoisotopic (exact) mass is 277 g/mol. The van der Waals surface area contributed by atoms with Crippen LogP contribution in [0.3, 0.4) is 0 Å². The molecule has 20 heavy (non-hydrogen) atoms. The standard InChI is InChI=1S/C13H19N5O2/c1-4-5-14-10-7-11(16-8(2)15-10)17-9-6-12(19)18(3)13(9)20/h7,9H,4-6H2,1-3H3,(H2,14,15,16,17). The summed E-state index contributed by atoms with van der Waals surface area (Å²) >= 11 is 0. The van der Waals surface area contributed by atoms with Crippen LogP contribution in [-0.4, -0.2) is 46.3 Å². The van der Waals surface area contributed by atoms with Crippen molar-refractivity contribution in [3.8, 4) is 0 Å². The van der Waals surface area contributed by atoms with Crippen LogP contribution in [-0.2, 0) is 9.59 Å². The van der Waals surface area contributed by atoms with Crippen molar-refractivity contribution in [3.05, 3.63) is 11.9 Å². The van der Waals surface area contributed by atoms with E-state index in [1.165, 1.54) is 7.05 Å². The second kappa shape index (κ2) is 5.85. The highest BCUT2D eigenvalue weighted by molar-refractivity contribution is 6.06. The lowest BCUT2D eigenvalue weighted by Gasteiger charge is -2.13. The van der Waals surface area contributed by atoms with Crippen LogP contribution in [0, 0.1) is 6.92 Å². The lowest BCUT2D eigenvalue weighted by Crippen LogP contribution is -2.32. The first-order chi connectivity index (χ1) is 9.51. The number of hydrogen-bond acceptors (Lipinski definition) is 6. The quantitative estimate of drug-likeness (QED) is 0.773. The Balaban J connectivity index is 2.11. The van der Waals surface area contributed by atoms with Crippen molar-refractivity contribution in [3.63, 3.8) is 0 Å². The molecule has 1 saturated heterocycles. The molecule has 0 aromatic carbocycles. The number of imide groups is 1. The number of amides is 2. The van der Waals surface area contributed by atoms with Gasteiger partial charge in [-0.15, -0.1) is 0 Å². The SMILES string of the molecule is CCCNc1cc(NC2CC(=O)N(C)C2=O)nc(C)n1. The van der Waals surface area contributed by atoms with E-state index in [-0.39, 0.29) is 18.2 Å². The molecule has 2 N–H and O–H groups in total.